The van der Waals surface area contributed by atoms with Gasteiger partial charge in [-0.25, -0.2) is 14.9 Å². The summed E-state index contributed by atoms with van der Waals surface area (Å²) in [4.78, 5) is 36.7. The van der Waals surface area contributed by atoms with E-state index < -0.39 is 23.7 Å². The van der Waals surface area contributed by atoms with Crippen molar-refractivity contribution < 1.29 is 24.0 Å². The summed E-state index contributed by atoms with van der Waals surface area (Å²) in [5.41, 5.74) is 3.26. The standard InChI is InChI=1S/C20H27FN4O4/c21-16-6-3-7-17(11-16)23-19(27)18-8-9-22-25(18)20(28)15(12-24(29)13-26)10-14-4-1-2-5-14/h3,6-7,11,13-15,18,22,29H,1-2,4-5,8-10,12H2,(H,23,27). The SMILES string of the molecule is O=CN(O)CC(CC1CCCC1)C(=O)N1NCCC1C(=O)Nc1cccc(F)c1. The topological polar surface area (TPSA) is 102 Å². The van der Waals surface area contributed by atoms with E-state index in [0.717, 1.165) is 25.7 Å². The molecule has 2 aliphatic rings. The second kappa shape index (κ2) is 9.80. The first kappa shape index (κ1) is 21.2. The zero-order chi connectivity index (χ0) is 20.8. The zero-order valence-electron chi connectivity index (χ0n) is 16.2. The predicted octanol–water partition coefficient (Wildman–Crippen LogP) is 1.91. The van der Waals surface area contributed by atoms with Crippen molar-refractivity contribution in [3.05, 3.63) is 30.1 Å². The number of hydroxylamine groups is 2. The lowest BCUT2D eigenvalue weighted by Crippen LogP contribution is -2.51. The molecule has 1 aromatic rings. The summed E-state index contributed by atoms with van der Waals surface area (Å²) in [7, 11) is 0. The van der Waals surface area contributed by atoms with Gasteiger partial charge in [0.1, 0.15) is 11.9 Å². The fourth-order valence-electron chi connectivity index (χ4n) is 4.20. The second-order valence-electron chi connectivity index (χ2n) is 7.73. The first-order valence-corrected chi connectivity index (χ1v) is 10.0. The van der Waals surface area contributed by atoms with Gasteiger partial charge in [-0.1, -0.05) is 31.7 Å². The van der Waals surface area contributed by atoms with Crippen LogP contribution in [0.15, 0.2) is 24.3 Å². The lowest BCUT2D eigenvalue weighted by molar-refractivity contribution is -0.159. The van der Waals surface area contributed by atoms with Gasteiger partial charge >= 0.3 is 0 Å². The van der Waals surface area contributed by atoms with Crippen molar-refractivity contribution in [1.82, 2.24) is 15.5 Å². The van der Waals surface area contributed by atoms with Crippen molar-refractivity contribution in [3.63, 3.8) is 0 Å². The van der Waals surface area contributed by atoms with Gasteiger partial charge in [0.25, 0.3) is 0 Å². The fourth-order valence-corrected chi connectivity index (χ4v) is 4.20. The molecule has 1 aromatic carbocycles. The summed E-state index contributed by atoms with van der Waals surface area (Å²) in [5, 5.41) is 14.1. The van der Waals surface area contributed by atoms with Crippen LogP contribution in [0.3, 0.4) is 0 Å². The monoisotopic (exact) mass is 406 g/mol. The average molecular weight is 406 g/mol. The minimum atomic E-state index is -0.750. The largest absolute Gasteiger partial charge is 0.324 e. The van der Waals surface area contributed by atoms with Crippen LogP contribution in [0.1, 0.15) is 38.5 Å². The Morgan fingerprint density at radius 3 is 2.79 bits per heavy atom. The molecule has 1 aliphatic carbocycles. The number of anilines is 1. The van der Waals surface area contributed by atoms with Crippen LogP contribution in [0.25, 0.3) is 0 Å². The minimum absolute atomic E-state index is 0.116. The molecule has 8 nitrogen and oxygen atoms in total. The third kappa shape index (κ3) is 5.51. The number of carbonyl (C=O) groups excluding carboxylic acids is 3. The molecule has 2 unspecified atom stereocenters. The number of benzene rings is 1. The molecule has 0 spiro atoms. The molecule has 3 amide bonds. The molecule has 1 heterocycles. The van der Waals surface area contributed by atoms with Gasteiger partial charge in [-0.05, 0) is 37.0 Å². The molecule has 0 radical (unpaired) electrons. The summed E-state index contributed by atoms with van der Waals surface area (Å²) < 4.78 is 13.4. The van der Waals surface area contributed by atoms with Crippen LogP contribution in [0, 0.1) is 17.7 Å². The van der Waals surface area contributed by atoms with Gasteiger partial charge in [0.05, 0.1) is 12.5 Å². The maximum absolute atomic E-state index is 13.4. The number of hydrogen-bond donors (Lipinski definition) is 3. The van der Waals surface area contributed by atoms with Crippen molar-refractivity contribution in [2.24, 2.45) is 11.8 Å². The van der Waals surface area contributed by atoms with E-state index in [0.29, 0.717) is 36.1 Å². The lowest BCUT2D eigenvalue weighted by atomic mass is 9.92. The smallest absolute Gasteiger partial charge is 0.248 e. The van der Waals surface area contributed by atoms with E-state index in [-0.39, 0.29) is 18.9 Å². The molecule has 1 aliphatic heterocycles. The van der Waals surface area contributed by atoms with Gasteiger partial charge in [-0.15, -0.1) is 0 Å². The molecule has 2 atom stereocenters. The van der Waals surface area contributed by atoms with Gasteiger partial charge in [0, 0.05) is 12.2 Å². The van der Waals surface area contributed by atoms with Crippen LogP contribution in [-0.4, -0.2) is 52.6 Å². The number of hydrazine groups is 1. The molecule has 1 saturated carbocycles. The number of rotatable bonds is 8. The summed E-state index contributed by atoms with van der Waals surface area (Å²) in [6.07, 6.45) is 5.52. The molecule has 3 N–H and O–H groups in total. The van der Waals surface area contributed by atoms with Gasteiger partial charge in [-0.2, -0.15) is 0 Å². The Kier molecular flexibility index (Phi) is 7.16. The Morgan fingerprint density at radius 1 is 1.34 bits per heavy atom. The number of nitrogens with zero attached hydrogens (tertiary/aromatic N) is 2. The van der Waals surface area contributed by atoms with E-state index in [1.54, 1.807) is 6.07 Å². The average Bonchev–Trinajstić information content (AvgIpc) is 3.38. The Labute approximate surface area is 169 Å². The summed E-state index contributed by atoms with van der Waals surface area (Å²) in [5.74, 6) is -1.44. The number of halogens is 1. The lowest BCUT2D eigenvalue weighted by Gasteiger charge is -2.30. The van der Waals surface area contributed by atoms with Gasteiger partial charge in [-0.3, -0.25) is 24.6 Å². The highest BCUT2D eigenvalue weighted by molar-refractivity contribution is 5.97. The third-order valence-corrected chi connectivity index (χ3v) is 5.61. The number of amides is 3. The molecule has 1 saturated heterocycles. The Bertz CT molecular complexity index is 741. The highest BCUT2D eigenvalue weighted by atomic mass is 19.1. The van der Waals surface area contributed by atoms with Crippen LogP contribution in [0.2, 0.25) is 0 Å². The molecular weight excluding hydrogens is 379 g/mol. The molecule has 29 heavy (non-hydrogen) atoms. The molecule has 3 rings (SSSR count). The second-order valence-corrected chi connectivity index (χ2v) is 7.73. The highest BCUT2D eigenvalue weighted by Gasteiger charge is 2.39. The van der Waals surface area contributed by atoms with Crippen LogP contribution in [0.5, 0.6) is 0 Å². The quantitative estimate of drug-likeness (QED) is 0.348. The molecular formula is C20H27FN4O4. The molecule has 0 aromatic heterocycles. The Balaban J connectivity index is 1.69. The molecule has 2 fully saturated rings. The van der Waals surface area contributed by atoms with E-state index >= 15 is 0 Å². The van der Waals surface area contributed by atoms with E-state index in [1.807, 2.05) is 0 Å². The summed E-state index contributed by atoms with van der Waals surface area (Å²) >= 11 is 0. The van der Waals surface area contributed by atoms with Crippen LogP contribution in [-0.2, 0) is 14.4 Å². The van der Waals surface area contributed by atoms with E-state index in [9.17, 15) is 24.0 Å². The maximum atomic E-state index is 13.4. The summed E-state index contributed by atoms with van der Waals surface area (Å²) in [6, 6.07) is 4.81. The van der Waals surface area contributed by atoms with Crippen molar-refractivity contribution >= 4 is 23.9 Å². The zero-order valence-corrected chi connectivity index (χ0v) is 16.2. The van der Waals surface area contributed by atoms with Gasteiger partial charge in [0.15, 0.2) is 0 Å². The van der Waals surface area contributed by atoms with Crippen LogP contribution < -0.4 is 10.7 Å². The Morgan fingerprint density at radius 2 is 2.10 bits per heavy atom. The van der Waals surface area contributed by atoms with Crippen molar-refractivity contribution in [2.75, 3.05) is 18.4 Å². The first-order valence-electron chi connectivity index (χ1n) is 10.0. The normalized spacial score (nSPS) is 20.5. The Hall–Kier alpha value is -2.52. The summed E-state index contributed by atoms with van der Waals surface area (Å²) in [6.45, 7) is 0.328. The van der Waals surface area contributed by atoms with Gasteiger partial charge < -0.3 is 5.32 Å². The van der Waals surface area contributed by atoms with Crippen molar-refractivity contribution in [3.8, 4) is 0 Å². The number of hydrogen-bond acceptors (Lipinski definition) is 5. The number of carbonyl (C=O) groups is 3. The van der Waals surface area contributed by atoms with Crippen LogP contribution >= 0.6 is 0 Å². The maximum Gasteiger partial charge on any atom is 0.248 e. The van der Waals surface area contributed by atoms with E-state index in [2.05, 4.69) is 10.7 Å². The first-order chi connectivity index (χ1) is 14.0. The van der Waals surface area contributed by atoms with E-state index in [1.165, 1.54) is 23.2 Å². The third-order valence-electron chi connectivity index (χ3n) is 5.61. The number of nitrogens with one attached hydrogen (secondary N) is 2. The van der Waals surface area contributed by atoms with Crippen molar-refractivity contribution in [2.45, 2.75) is 44.6 Å². The molecule has 9 heteroatoms. The van der Waals surface area contributed by atoms with Gasteiger partial charge in [0.2, 0.25) is 18.2 Å². The molecule has 0 bridgehead atoms. The molecule has 158 valence electrons. The fraction of sp³-hybridized carbons (Fsp3) is 0.550. The van der Waals surface area contributed by atoms with Crippen molar-refractivity contribution in [1.29, 1.82) is 0 Å². The van der Waals surface area contributed by atoms with E-state index in [4.69, 9.17) is 0 Å². The highest BCUT2D eigenvalue weighted by Crippen LogP contribution is 2.31. The minimum Gasteiger partial charge on any atom is -0.324 e. The predicted molar refractivity (Wildman–Crippen MR) is 103 cm³/mol. The van der Waals surface area contributed by atoms with Crippen LogP contribution in [0.4, 0.5) is 10.1 Å².